The Morgan fingerprint density at radius 3 is 2.73 bits per heavy atom. The Balaban J connectivity index is 1.54. The second kappa shape index (κ2) is 9.62. The number of benzene rings is 1. The van der Waals surface area contributed by atoms with Crippen molar-refractivity contribution >= 4 is 46.8 Å². The van der Waals surface area contributed by atoms with E-state index in [1.54, 1.807) is 31.2 Å². The molecule has 0 spiro atoms. The molecule has 0 radical (unpaired) electrons. The van der Waals surface area contributed by atoms with E-state index in [1.165, 1.54) is 0 Å². The van der Waals surface area contributed by atoms with Crippen LogP contribution in [0, 0.1) is 5.92 Å². The van der Waals surface area contributed by atoms with Gasteiger partial charge in [0.2, 0.25) is 17.8 Å². The zero-order valence-electron chi connectivity index (χ0n) is 18.0. The van der Waals surface area contributed by atoms with E-state index in [1.807, 2.05) is 4.90 Å². The van der Waals surface area contributed by atoms with Gasteiger partial charge in [-0.25, -0.2) is 0 Å². The lowest BCUT2D eigenvalue weighted by atomic mass is 9.92. The van der Waals surface area contributed by atoms with Crippen molar-refractivity contribution in [2.45, 2.75) is 32.1 Å². The molecule has 1 aromatic carbocycles. The van der Waals surface area contributed by atoms with Crippen molar-refractivity contribution in [3.05, 3.63) is 45.2 Å². The normalized spacial score (nSPS) is 18.3. The number of fused-ring (bicyclic) bond motifs is 1. The number of aromatic amines is 1. The molecule has 0 bridgehead atoms. The Morgan fingerprint density at radius 2 is 2.03 bits per heavy atom. The lowest BCUT2D eigenvalue weighted by Crippen LogP contribution is -2.41. The summed E-state index contributed by atoms with van der Waals surface area (Å²) in [6.07, 6.45) is 0.960. The molecule has 4 rings (SSSR count). The van der Waals surface area contributed by atoms with Crippen molar-refractivity contribution in [2.75, 3.05) is 35.2 Å². The predicted octanol–water partition coefficient (Wildman–Crippen LogP) is 2.27. The number of rotatable bonds is 5. The van der Waals surface area contributed by atoms with Crippen molar-refractivity contribution in [3.8, 4) is 0 Å². The zero-order chi connectivity index (χ0) is 23.5. The van der Waals surface area contributed by atoms with Gasteiger partial charge < -0.3 is 20.3 Å². The molecule has 2 amide bonds. The molecule has 1 atom stereocenters. The van der Waals surface area contributed by atoms with Crippen molar-refractivity contribution < 1.29 is 19.1 Å². The van der Waals surface area contributed by atoms with Gasteiger partial charge in [0, 0.05) is 30.2 Å². The summed E-state index contributed by atoms with van der Waals surface area (Å²) in [5, 5.41) is 5.77. The maximum absolute atomic E-state index is 13.0. The van der Waals surface area contributed by atoms with Crippen LogP contribution in [-0.2, 0) is 19.1 Å². The summed E-state index contributed by atoms with van der Waals surface area (Å²) in [6, 6.07) is 6.60. The Bertz CT molecular complexity index is 1140. The summed E-state index contributed by atoms with van der Waals surface area (Å²) in [5.41, 5.74) is 0.0820. The average molecular weight is 474 g/mol. The molecule has 0 saturated carbocycles. The van der Waals surface area contributed by atoms with Gasteiger partial charge in [0.15, 0.2) is 0 Å². The van der Waals surface area contributed by atoms with E-state index in [4.69, 9.17) is 16.3 Å². The van der Waals surface area contributed by atoms with E-state index in [-0.39, 0.29) is 35.6 Å². The number of aromatic nitrogens is 2. The highest BCUT2D eigenvalue weighted by molar-refractivity contribution is 6.30. The van der Waals surface area contributed by atoms with E-state index >= 15 is 0 Å². The first kappa shape index (κ1) is 22.8. The number of carbonyl (C=O) groups is 3. The van der Waals surface area contributed by atoms with Crippen molar-refractivity contribution in [1.82, 2.24) is 9.97 Å². The fraction of sp³-hybridized carbons (Fsp3) is 0.409. The summed E-state index contributed by atoms with van der Waals surface area (Å²) < 4.78 is 5.09. The van der Waals surface area contributed by atoms with Gasteiger partial charge in [0.1, 0.15) is 5.82 Å². The number of esters is 1. The topological polar surface area (TPSA) is 133 Å². The first-order valence-corrected chi connectivity index (χ1v) is 11.2. The molecule has 1 aromatic heterocycles. The summed E-state index contributed by atoms with van der Waals surface area (Å²) in [7, 11) is 0. The van der Waals surface area contributed by atoms with Crippen molar-refractivity contribution in [1.29, 1.82) is 0 Å². The molecule has 2 aliphatic rings. The van der Waals surface area contributed by atoms with Gasteiger partial charge in [0.05, 0.1) is 24.0 Å². The molecule has 11 heteroatoms. The monoisotopic (exact) mass is 473 g/mol. The van der Waals surface area contributed by atoms with Crippen LogP contribution in [0.5, 0.6) is 0 Å². The lowest BCUT2D eigenvalue weighted by Gasteiger charge is -2.32. The Hall–Kier alpha value is -3.40. The molecule has 3 heterocycles. The summed E-state index contributed by atoms with van der Waals surface area (Å²) in [4.78, 5) is 59.1. The molecule has 10 nitrogen and oxygen atoms in total. The van der Waals surface area contributed by atoms with Crippen LogP contribution in [0.25, 0.3) is 0 Å². The Kier molecular flexibility index (Phi) is 6.64. The van der Waals surface area contributed by atoms with Gasteiger partial charge in [-0.05, 0) is 38.0 Å². The second-order valence-electron chi connectivity index (χ2n) is 7.97. The van der Waals surface area contributed by atoms with Gasteiger partial charge in [-0.2, -0.15) is 4.98 Å². The molecule has 33 heavy (non-hydrogen) atoms. The maximum atomic E-state index is 13.0. The summed E-state index contributed by atoms with van der Waals surface area (Å²) in [6.45, 7) is 3.10. The molecular weight excluding hydrogens is 450 g/mol. The van der Waals surface area contributed by atoms with E-state index in [2.05, 4.69) is 20.6 Å². The van der Waals surface area contributed by atoms with Crippen LogP contribution in [0.15, 0.2) is 29.1 Å². The van der Waals surface area contributed by atoms with Gasteiger partial charge >= 0.3 is 5.97 Å². The SMILES string of the molecule is CCOC(=O)C1CCN(c2nc3c(c(=O)[nH]2)C(C(=O)Nc2cccc(Cl)c2)CC(=O)N3)CC1. The number of halogens is 1. The van der Waals surface area contributed by atoms with Gasteiger partial charge in [-0.1, -0.05) is 17.7 Å². The quantitative estimate of drug-likeness (QED) is 0.567. The number of ether oxygens (including phenoxy) is 1. The van der Waals surface area contributed by atoms with Crippen LogP contribution in [0.3, 0.4) is 0 Å². The van der Waals surface area contributed by atoms with Crippen LogP contribution in [0.2, 0.25) is 5.02 Å². The molecule has 1 saturated heterocycles. The van der Waals surface area contributed by atoms with Gasteiger partial charge in [-0.3, -0.25) is 24.2 Å². The summed E-state index contributed by atoms with van der Waals surface area (Å²) >= 11 is 5.97. The number of H-pyrrole nitrogens is 1. The second-order valence-corrected chi connectivity index (χ2v) is 8.41. The lowest BCUT2D eigenvalue weighted by molar-refractivity contribution is -0.148. The highest BCUT2D eigenvalue weighted by atomic mass is 35.5. The number of piperidine rings is 1. The van der Waals surface area contributed by atoms with Gasteiger partial charge in [0.25, 0.3) is 5.56 Å². The molecule has 2 aliphatic heterocycles. The average Bonchev–Trinajstić information content (AvgIpc) is 2.78. The van der Waals surface area contributed by atoms with Crippen molar-refractivity contribution in [3.63, 3.8) is 0 Å². The van der Waals surface area contributed by atoms with Crippen molar-refractivity contribution in [2.24, 2.45) is 5.92 Å². The van der Waals surface area contributed by atoms with Crippen LogP contribution < -0.4 is 21.1 Å². The molecule has 2 aromatic rings. The zero-order valence-corrected chi connectivity index (χ0v) is 18.8. The fourth-order valence-electron chi connectivity index (χ4n) is 4.12. The van der Waals surface area contributed by atoms with Crippen LogP contribution in [0.1, 0.15) is 37.7 Å². The van der Waals surface area contributed by atoms with Crippen LogP contribution in [0.4, 0.5) is 17.5 Å². The standard InChI is InChI=1S/C22H24ClN5O5/c1-2-33-21(32)12-6-8-28(9-7-12)22-26-18-17(20(31)27-22)15(11-16(29)25-18)19(30)24-14-5-3-4-13(23)10-14/h3-5,10,12,15H,2,6-9,11H2,1H3,(H,24,30)(H2,25,26,27,29,31). The first-order chi connectivity index (χ1) is 15.9. The minimum atomic E-state index is -0.993. The highest BCUT2D eigenvalue weighted by Gasteiger charge is 2.36. The third-order valence-electron chi connectivity index (χ3n) is 5.76. The first-order valence-electron chi connectivity index (χ1n) is 10.8. The maximum Gasteiger partial charge on any atom is 0.309 e. The number of hydrogen-bond donors (Lipinski definition) is 3. The minimum Gasteiger partial charge on any atom is -0.466 e. The number of anilines is 3. The molecular formula is C22H24ClN5O5. The predicted molar refractivity (Wildman–Crippen MR) is 122 cm³/mol. The van der Waals surface area contributed by atoms with E-state index in [0.717, 1.165) is 0 Å². The molecule has 174 valence electrons. The smallest absolute Gasteiger partial charge is 0.309 e. The Morgan fingerprint density at radius 1 is 1.27 bits per heavy atom. The number of nitrogens with one attached hydrogen (secondary N) is 3. The number of carbonyl (C=O) groups excluding carboxylic acids is 3. The van der Waals surface area contributed by atoms with E-state index in [0.29, 0.717) is 43.2 Å². The number of nitrogens with zero attached hydrogens (tertiary/aromatic N) is 2. The molecule has 1 fully saturated rings. The van der Waals surface area contributed by atoms with Gasteiger partial charge in [-0.15, -0.1) is 0 Å². The number of amides is 2. The molecule has 0 aliphatic carbocycles. The van der Waals surface area contributed by atoms with E-state index < -0.39 is 23.3 Å². The largest absolute Gasteiger partial charge is 0.466 e. The van der Waals surface area contributed by atoms with Crippen LogP contribution in [-0.4, -0.2) is 47.4 Å². The molecule has 1 unspecified atom stereocenters. The third kappa shape index (κ3) is 5.00. The van der Waals surface area contributed by atoms with E-state index in [9.17, 15) is 19.2 Å². The highest BCUT2D eigenvalue weighted by Crippen LogP contribution is 2.31. The summed E-state index contributed by atoms with van der Waals surface area (Å²) in [5.74, 6) is -1.94. The molecule has 3 N–H and O–H groups in total. The minimum absolute atomic E-state index is 0.0729. The fourth-order valence-corrected chi connectivity index (χ4v) is 4.31. The Labute approximate surface area is 194 Å². The number of hydrogen-bond acceptors (Lipinski definition) is 7. The third-order valence-corrected chi connectivity index (χ3v) is 6.00. The van der Waals surface area contributed by atoms with Crippen LogP contribution >= 0.6 is 11.6 Å².